The zero-order valence-electron chi connectivity index (χ0n) is 13.9. The van der Waals surface area contributed by atoms with Crippen LogP contribution >= 0.6 is 0 Å². The summed E-state index contributed by atoms with van der Waals surface area (Å²) in [5.74, 6) is -1.37. The molecular formula is C18H13F4N3O2. The first-order valence-corrected chi connectivity index (χ1v) is 7.71. The predicted octanol–water partition coefficient (Wildman–Crippen LogP) is 4.95. The second-order valence-corrected chi connectivity index (χ2v) is 5.63. The van der Waals surface area contributed by atoms with E-state index in [1.54, 1.807) is 31.2 Å². The number of ether oxygens (including phenoxy) is 1. The van der Waals surface area contributed by atoms with Gasteiger partial charge < -0.3 is 4.74 Å². The van der Waals surface area contributed by atoms with Gasteiger partial charge in [0.2, 0.25) is 0 Å². The fourth-order valence-corrected chi connectivity index (χ4v) is 2.41. The minimum atomic E-state index is -4.86. The van der Waals surface area contributed by atoms with E-state index in [2.05, 4.69) is 10.4 Å². The zero-order valence-corrected chi connectivity index (χ0v) is 13.9. The van der Waals surface area contributed by atoms with Gasteiger partial charge in [-0.15, -0.1) is 0 Å². The van der Waals surface area contributed by atoms with Crippen LogP contribution in [0.25, 0.3) is 5.69 Å². The van der Waals surface area contributed by atoms with Crippen molar-refractivity contribution in [2.45, 2.75) is 13.1 Å². The first-order valence-electron chi connectivity index (χ1n) is 7.71. The standard InChI is InChI=1S/C18H13F4N3O2/c1-11-3-2-4-13(9-11)24-17(26)27-15-10-23-25(16(15)18(20,21)22)14-7-5-12(19)6-8-14/h2-10H,1H3,(H,24,26). The van der Waals surface area contributed by atoms with Gasteiger partial charge in [0, 0.05) is 5.69 Å². The number of nitrogens with one attached hydrogen (secondary N) is 1. The molecule has 1 heterocycles. The number of aryl methyl sites for hydroxylation is 1. The Kier molecular flexibility index (Phi) is 4.85. The van der Waals surface area contributed by atoms with E-state index < -0.39 is 29.5 Å². The van der Waals surface area contributed by atoms with Crippen LogP contribution in [0.3, 0.4) is 0 Å². The quantitative estimate of drug-likeness (QED) is 0.655. The Morgan fingerprint density at radius 2 is 1.85 bits per heavy atom. The van der Waals surface area contributed by atoms with Gasteiger partial charge in [-0.1, -0.05) is 12.1 Å². The number of amides is 1. The summed E-state index contributed by atoms with van der Waals surface area (Å²) in [7, 11) is 0. The van der Waals surface area contributed by atoms with Crippen LogP contribution < -0.4 is 10.1 Å². The summed E-state index contributed by atoms with van der Waals surface area (Å²) in [4.78, 5) is 12.0. The normalized spacial score (nSPS) is 11.3. The third-order valence-electron chi connectivity index (χ3n) is 3.54. The van der Waals surface area contributed by atoms with E-state index in [0.717, 1.165) is 36.0 Å². The number of carbonyl (C=O) groups is 1. The molecule has 1 N–H and O–H groups in total. The average Bonchev–Trinajstić information content (AvgIpc) is 2.99. The third-order valence-corrected chi connectivity index (χ3v) is 3.54. The van der Waals surface area contributed by atoms with Gasteiger partial charge in [-0.3, -0.25) is 5.32 Å². The first-order chi connectivity index (χ1) is 12.7. The number of hydrogen-bond acceptors (Lipinski definition) is 3. The molecule has 1 amide bonds. The van der Waals surface area contributed by atoms with E-state index in [1.807, 2.05) is 0 Å². The molecule has 0 saturated carbocycles. The smallest absolute Gasteiger partial charge is 0.406 e. The van der Waals surface area contributed by atoms with Crippen LogP contribution in [0, 0.1) is 12.7 Å². The van der Waals surface area contributed by atoms with Gasteiger partial charge in [0.05, 0.1) is 11.9 Å². The Morgan fingerprint density at radius 3 is 2.48 bits per heavy atom. The Morgan fingerprint density at radius 1 is 1.15 bits per heavy atom. The van der Waals surface area contributed by atoms with Crippen molar-refractivity contribution in [3.63, 3.8) is 0 Å². The molecule has 0 radical (unpaired) electrons. The molecule has 27 heavy (non-hydrogen) atoms. The molecule has 0 bridgehead atoms. The SMILES string of the molecule is Cc1cccc(NC(=O)Oc2cnn(-c3ccc(F)cc3)c2C(F)(F)F)c1. The van der Waals surface area contributed by atoms with Gasteiger partial charge in [-0.25, -0.2) is 13.9 Å². The number of halogens is 4. The van der Waals surface area contributed by atoms with Gasteiger partial charge >= 0.3 is 12.3 Å². The van der Waals surface area contributed by atoms with Crippen LogP contribution in [0.4, 0.5) is 28.0 Å². The summed E-state index contributed by atoms with van der Waals surface area (Å²) in [6.07, 6.45) is -5.17. The van der Waals surface area contributed by atoms with Gasteiger partial charge in [0.25, 0.3) is 0 Å². The van der Waals surface area contributed by atoms with E-state index in [0.29, 0.717) is 10.4 Å². The minimum Gasteiger partial charge on any atom is -0.406 e. The van der Waals surface area contributed by atoms with Crippen LogP contribution in [0.5, 0.6) is 5.75 Å². The van der Waals surface area contributed by atoms with Crippen LogP contribution in [0.2, 0.25) is 0 Å². The first kappa shape index (κ1) is 18.4. The van der Waals surface area contributed by atoms with E-state index in [9.17, 15) is 22.4 Å². The average molecular weight is 379 g/mol. The predicted molar refractivity (Wildman–Crippen MR) is 89.3 cm³/mol. The maximum Gasteiger partial charge on any atom is 0.437 e. The number of carbonyl (C=O) groups excluding carboxylic acids is 1. The topological polar surface area (TPSA) is 56.1 Å². The van der Waals surface area contributed by atoms with Crippen molar-refractivity contribution in [3.05, 3.63) is 71.8 Å². The summed E-state index contributed by atoms with van der Waals surface area (Å²) < 4.78 is 58.8. The van der Waals surface area contributed by atoms with Gasteiger partial charge in [0.1, 0.15) is 5.82 Å². The van der Waals surface area contributed by atoms with E-state index in [-0.39, 0.29) is 5.69 Å². The number of nitrogens with zero attached hydrogens (tertiary/aromatic N) is 2. The lowest BCUT2D eigenvalue weighted by Gasteiger charge is -2.13. The maximum atomic E-state index is 13.5. The number of alkyl halides is 3. The summed E-state index contributed by atoms with van der Waals surface area (Å²) in [5, 5.41) is 5.98. The Hall–Kier alpha value is -3.36. The summed E-state index contributed by atoms with van der Waals surface area (Å²) in [5.41, 5.74) is -0.0847. The molecule has 0 aliphatic carbocycles. The lowest BCUT2D eigenvalue weighted by Crippen LogP contribution is -2.20. The number of anilines is 1. The molecule has 5 nitrogen and oxygen atoms in total. The molecular weight excluding hydrogens is 366 g/mol. The van der Waals surface area contributed by atoms with E-state index >= 15 is 0 Å². The second-order valence-electron chi connectivity index (χ2n) is 5.63. The lowest BCUT2D eigenvalue weighted by molar-refractivity contribution is -0.143. The molecule has 2 aromatic carbocycles. The highest BCUT2D eigenvalue weighted by atomic mass is 19.4. The third kappa shape index (κ3) is 4.25. The molecule has 0 aliphatic rings. The van der Waals surface area contributed by atoms with Crippen molar-refractivity contribution in [1.29, 1.82) is 0 Å². The number of benzene rings is 2. The minimum absolute atomic E-state index is 0.0299. The Balaban J connectivity index is 1.89. The highest BCUT2D eigenvalue weighted by molar-refractivity contribution is 5.86. The summed E-state index contributed by atoms with van der Waals surface area (Å²) in [6.45, 7) is 1.80. The number of hydrogen-bond donors (Lipinski definition) is 1. The Bertz CT molecular complexity index is 965. The van der Waals surface area contributed by atoms with Crippen molar-refractivity contribution in [2.24, 2.45) is 0 Å². The van der Waals surface area contributed by atoms with Gasteiger partial charge in [0.15, 0.2) is 11.4 Å². The molecule has 9 heteroatoms. The van der Waals surface area contributed by atoms with Crippen molar-refractivity contribution >= 4 is 11.8 Å². The fourth-order valence-electron chi connectivity index (χ4n) is 2.41. The molecule has 0 saturated heterocycles. The van der Waals surface area contributed by atoms with E-state index in [4.69, 9.17) is 4.74 Å². The highest BCUT2D eigenvalue weighted by Crippen LogP contribution is 2.37. The molecule has 3 rings (SSSR count). The molecule has 0 unspecified atom stereocenters. The molecule has 0 aliphatic heterocycles. The van der Waals surface area contributed by atoms with Crippen LogP contribution in [-0.4, -0.2) is 15.9 Å². The van der Waals surface area contributed by atoms with Crippen LogP contribution in [0.15, 0.2) is 54.7 Å². The summed E-state index contributed by atoms with van der Waals surface area (Å²) >= 11 is 0. The maximum absolute atomic E-state index is 13.5. The van der Waals surface area contributed by atoms with Crippen molar-refractivity contribution in [3.8, 4) is 11.4 Å². The van der Waals surface area contributed by atoms with Crippen LogP contribution in [0.1, 0.15) is 11.3 Å². The number of rotatable bonds is 3. The monoisotopic (exact) mass is 379 g/mol. The molecule has 140 valence electrons. The summed E-state index contributed by atoms with van der Waals surface area (Å²) in [6, 6.07) is 10.9. The van der Waals surface area contributed by atoms with Crippen molar-refractivity contribution < 1.29 is 27.1 Å². The molecule has 0 fully saturated rings. The molecule has 3 aromatic rings. The van der Waals surface area contributed by atoms with Crippen LogP contribution in [-0.2, 0) is 6.18 Å². The van der Waals surface area contributed by atoms with Gasteiger partial charge in [-0.2, -0.15) is 18.3 Å². The zero-order chi connectivity index (χ0) is 19.6. The second kappa shape index (κ2) is 7.10. The molecule has 1 aromatic heterocycles. The lowest BCUT2D eigenvalue weighted by atomic mass is 10.2. The fraction of sp³-hybridized carbons (Fsp3) is 0.111. The largest absolute Gasteiger partial charge is 0.437 e. The van der Waals surface area contributed by atoms with Gasteiger partial charge in [-0.05, 0) is 48.9 Å². The Labute approximate surface area is 151 Å². The van der Waals surface area contributed by atoms with Crippen molar-refractivity contribution in [2.75, 3.05) is 5.32 Å². The van der Waals surface area contributed by atoms with E-state index in [1.165, 1.54) is 0 Å². The number of aromatic nitrogens is 2. The molecule has 0 atom stereocenters. The van der Waals surface area contributed by atoms with Crippen molar-refractivity contribution in [1.82, 2.24) is 9.78 Å². The molecule has 0 spiro atoms. The highest BCUT2D eigenvalue weighted by Gasteiger charge is 2.40.